The van der Waals surface area contributed by atoms with Crippen molar-refractivity contribution in [1.29, 1.82) is 0 Å². The van der Waals surface area contributed by atoms with E-state index < -0.39 is 0 Å². The molecular weight excluding hydrogens is 202 g/mol. The number of rotatable bonds is 1. The minimum atomic E-state index is 0.00714. The lowest BCUT2D eigenvalue weighted by Gasteiger charge is -2.20. The van der Waals surface area contributed by atoms with Crippen LogP contribution in [0, 0.1) is 0 Å². The third-order valence-corrected chi connectivity index (χ3v) is 3.51. The van der Waals surface area contributed by atoms with E-state index in [0.717, 1.165) is 12.0 Å². The van der Waals surface area contributed by atoms with Gasteiger partial charge in [-0.2, -0.15) is 0 Å². The molecule has 0 aliphatic carbocycles. The predicted octanol–water partition coefficient (Wildman–Crippen LogP) is 2.09. The van der Waals surface area contributed by atoms with Gasteiger partial charge in [0.15, 0.2) is 0 Å². The van der Waals surface area contributed by atoms with Crippen LogP contribution in [-0.2, 0) is 9.53 Å². The Labute approximate surface area is 95.0 Å². The second kappa shape index (κ2) is 3.59. The van der Waals surface area contributed by atoms with Gasteiger partial charge in [-0.25, -0.2) is 0 Å². The van der Waals surface area contributed by atoms with Crippen LogP contribution < -0.4 is 0 Å². The highest BCUT2D eigenvalue weighted by Gasteiger charge is 2.46. The van der Waals surface area contributed by atoms with E-state index in [-0.39, 0.29) is 24.3 Å². The molecule has 0 radical (unpaired) electrons. The molecular formula is C13H15NO2. The molecule has 0 N–H and O–H groups in total. The molecule has 3 atom stereocenters. The minimum absolute atomic E-state index is 0.00714. The molecule has 3 rings (SSSR count). The lowest BCUT2D eigenvalue weighted by molar-refractivity contribution is -0.130. The van der Waals surface area contributed by atoms with E-state index in [4.69, 9.17) is 4.74 Å². The molecule has 3 nitrogen and oxygen atoms in total. The first-order valence-electron chi connectivity index (χ1n) is 5.79. The normalized spacial score (nSPS) is 33.2. The van der Waals surface area contributed by atoms with E-state index in [1.165, 1.54) is 0 Å². The summed E-state index contributed by atoms with van der Waals surface area (Å²) in [7, 11) is 0. The molecule has 3 heteroatoms. The van der Waals surface area contributed by atoms with E-state index in [1.54, 1.807) is 0 Å². The quantitative estimate of drug-likeness (QED) is 0.721. The molecule has 0 unspecified atom stereocenters. The van der Waals surface area contributed by atoms with Gasteiger partial charge in [-0.15, -0.1) is 0 Å². The van der Waals surface area contributed by atoms with E-state index in [2.05, 4.69) is 19.1 Å². The second-order valence-electron chi connectivity index (χ2n) is 4.50. The van der Waals surface area contributed by atoms with Crippen molar-refractivity contribution in [1.82, 2.24) is 4.90 Å². The van der Waals surface area contributed by atoms with Crippen molar-refractivity contribution < 1.29 is 9.53 Å². The molecule has 16 heavy (non-hydrogen) atoms. The van der Waals surface area contributed by atoms with Crippen LogP contribution >= 0.6 is 0 Å². The van der Waals surface area contributed by atoms with Crippen molar-refractivity contribution in [2.24, 2.45) is 0 Å². The van der Waals surface area contributed by atoms with Crippen LogP contribution in [0.4, 0.5) is 0 Å². The van der Waals surface area contributed by atoms with E-state index in [0.29, 0.717) is 6.42 Å². The Kier molecular flexibility index (Phi) is 2.21. The first kappa shape index (κ1) is 9.85. The highest BCUT2D eigenvalue weighted by Crippen LogP contribution is 2.39. The molecule has 0 spiro atoms. The van der Waals surface area contributed by atoms with Crippen LogP contribution in [0.3, 0.4) is 0 Å². The van der Waals surface area contributed by atoms with Crippen molar-refractivity contribution in [2.45, 2.75) is 38.1 Å². The number of hydrogen-bond donors (Lipinski definition) is 0. The van der Waals surface area contributed by atoms with Crippen LogP contribution in [0.1, 0.15) is 31.4 Å². The SMILES string of the molecule is C[C@H]1[C@@H](c2ccccc2)O[C@H]2CCC(=O)N21. The van der Waals surface area contributed by atoms with Gasteiger partial charge in [-0.05, 0) is 12.5 Å². The van der Waals surface area contributed by atoms with E-state index >= 15 is 0 Å². The molecule has 0 saturated carbocycles. The standard InChI is InChI=1S/C13H15NO2/c1-9-13(10-5-3-2-4-6-10)16-12-8-7-11(15)14(9)12/h2-6,9,12-13H,7-8H2,1H3/t9-,12-,13-/m0/s1. The Bertz CT molecular complexity index is 404. The van der Waals surface area contributed by atoms with Gasteiger partial charge in [-0.1, -0.05) is 30.3 Å². The van der Waals surface area contributed by atoms with Gasteiger partial charge in [-0.3, -0.25) is 4.79 Å². The summed E-state index contributed by atoms with van der Waals surface area (Å²) in [6.07, 6.45) is 1.52. The molecule has 1 aromatic carbocycles. The van der Waals surface area contributed by atoms with Gasteiger partial charge >= 0.3 is 0 Å². The fourth-order valence-corrected chi connectivity index (χ4v) is 2.73. The predicted molar refractivity (Wildman–Crippen MR) is 59.6 cm³/mol. The Morgan fingerprint density at radius 1 is 1.31 bits per heavy atom. The smallest absolute Gasteiger partial charge is 0.225 e. The number of benzene rings is 1. The number of hydrogen-bond acceptors (Lipinski definition) is 2. The van der Waals surface area contributed by atoms with Gasteiger partial charge < -0.3 is 9.64 Å². The molecule has 1 amide bonds. The van der Waals surface area contributed by atoms with Crippen molar-refractivity contribution in [3.05, 3.63) is 35.9 Å². The largest absolute Gasteiger partial charge is 0.348 e. The zero-order valence-electron chi connectivity index (χ0n) is 9.30. The Morgan fingerprint density at radius 2 is 2.06 bits per heavy atom. The van der Waals surface area contributed by atoms with Gasteiger partial charge in [0.05, 0.1) is 6.04 Å². The average molecular weight is 217 g/mol. The molecule has 84 valence electrons. The third-order valence-electron chi connectivity index (χ3n) is 3.51. The first-order chi connectivity index (χ1) is 7.77. The maximum absolute atomic E-state index is 11.7. The van der Waals surface area contributed by atoms with Gasteiger partial charge in [0, 0.05) is 12.8 Å². The summed E-state index contributed by atoms with van der Waals surface area (Å²) in [5, 5.41) is 0. The summed E-state index contributed by atoms with van der Waals surface area (Å²) < 4.78 is 5.96. The van der Waals surface area contributed by atoms with Gasteiger partial charge in [0.1, 0.15) is 12.3 Å². The highest BCUT2D eigenvalue weighted by molar-refractivity contribution is 5.79. The Morgan fingerprint density at radius 3 is 2.75 bits per heavy atom. The maximum Gasteiger partial charge on any atom is 0.225 e. The molecule has 2 fully saturated rings. The van der Waals surface area contributed by atoms with Crippen LogP contribution in [0.5, 0.6) is 0 Å². The van der Waals surface area contributed by atoms with Crippen molar-refractivity contribution in [3.63, 3.8) is 0 Å². The monoisotopic (exact) mass is 217 g/mol. The van der Waals surface area contributed by atoms with Crippen molar-refractivity contribution >= 4 is 5.91 Å². The highest BCUT2D eigenvalue weighted by atomic mass is 16.5. The minimum Gasteiger partial charge on any atom is -0.348 e. The van der Waals surface area contributed by atoms with Crippen molar-refractivity contribution in [3.8, 4) is 0 Å². The summed E-state index contributed by atoms with van der Waals surface area (Å²) in [5.74, 6) is 0.232. The zero-order chi connectivity index (χ0) is 11.1. The van der Waals surface area contributed by atoms with Crippen LogP contribution in [0.25, 0.3) is 0 Å². The lowest BCUT2D eigenvalue weighted by Crippen LogP contribution is -2.34. The fourth-order valence-electron chi connectivity index (χ4n) is 2.73. The summed E-state index contributed by atoms with van der Waals surface area (Å²) in [6.45, 7) is 2.07. The second-order valence-corrected chi connectivity index (χ2v) is 4.50. The Hall–Kier alpha value is -1.35. The molecule has 2 aliphatic heterocycles. The molecule has 1 aromatic rings. The molecule has 0 aromatic heterocycles. The Balaban J connectivity index is 1.88. The van der Waals surface area contributed by atoms with Gasteiger partial charge in [0.2, 0.25) is 5.91 Å². The third kappa shape index (κ3) is 1.35. The summed E-state index contributed by atoms with van der Waals surface area (Å²) in [6, 6.07) is 10.3. The number of amides is 1. The van der Waals surface area contributed by atoms with Crippen molar-refractivity contribution in [2.75, 3.05) is 0 Å². The number of nitrogens with zero attached hydrogens (tertiary/aromatic N) is 1. The summed E-state index contributed by atoms with van der Waals surface area (Å²) >= 11 is 0. The summed E-state index contributed by atoms with van der Waals surface area (Å²) in [4.78, 5) is 13.6. The molecule has 2 saturated heterocycles. The number of ether oxygens (including phenoxy) is 1. The first-order valence-corrected chi connectivity index (χ1v) is 5.79. The molecule has 0 bridgehead atoms. The number of fused-ring (bicyclic) bond motifs is 1. The summed E-state index contributed by atoms with van der Waals surface area (Å²) in [5.41, 5.74) is 1.16. The van der Waals surface area contributed by atoms with Gasteiger partial charge in [0.25, 0.3) is 0 Å². The van der Waals surface area contributed by atoms with Crippen LogP contribution in [0.2, 0.25) is 0 Å². The van der Waals surface area contributed by atoms with E-state index in [9.17, 15) is 4.79 Å². The molecule has 2 aliphatic rings. The molecule has 2 heterocycles. The van der Waals surface area contributed by atoms with Crippen LogP contribution in [0.15, 0.2) is 30.3 Å². The maximum atomic E-state index is 11.7. The topological polar surface area (TPSA) is 29.5 Å². The van der Waals surface area contributed by atoms with E-state index in [1.807, 2.05) is 23.1 Å². The zero-order valence-corrected chi connectivity index (χ0v) is 9.30. The fraction of sp³-hybridized carbons (Fsp3) is 0.462. The van der Waals surface area contributed by atoms with Crippen LogP contribution in [-0.4, -0.2) is 23.1 Å². The lowest BCUT2D eigenvalue weighted by atomic mass is 10.0. The number of carbonyl (C=O) groups excluding carboxylic acids is 1. The average Bonchev–Trinajstić information content (AvgIpc) is 2.83. The number of carbonyl (C=O) groups is 1.